The summed E-state index contributed by atoms with van der Waals surface area (Å²) in [5.41, 5.74) is 0.652. The minimum atomic E-state index is -4.70. The lowest BCUT2D eigenvalue weighted by Gasteiger charge is -2.51. The minimum absolute atomic E-state index is 0.0319. The van der Waals surface area contributed by atoms with Crippen LogP contribution in [0, 0.1) is 34.4 Å². The lowest BCUT2D eigenvalue weighted by molar-refractivity contribution is -0.141. The predicted molar refractivity (Wildman–Crippen MR) is 269 cm³/mol. The summed E-state index contributed by atoms with van der Waals surface area (Å²) in [6, 6.07) is 14.4. The van der Waals surface area contributed by atoms with Crippen LogP contribution in [0.4, 0.5) is 28.9 Å². The second-order valence-corrected chi connectivity index (χ2v) is 23.3. The number of carbonyl (C=O) groups excluding carboxylic acids is 5. The summed E-state index contributed by atoms with van der Waals surface area (Å²) in [6.07, 6.45) is 1.54. The van der Waals surface area contributed by atoms with E-state index in [9.17, 15) is 32.3 Å². The molecule has 8 aliphatic rings. The van der Waals surface area contributed by atoms with E-state index in [1.54, 1.807) is 47.4 Å². The molecule has 3 spiro atoms. The molecule has 2 aliphatic carbocycles. The molecular formula is C57H56ClF4N7O6. The van der Waals surface area contributed by atoms with Crippen LogP contribution >= 0.6 is 11.6 Å². The maximum Gasteiger partial charge on any atom is 0.433 e. The molecule has 390 valence electrons. The molecule has 5 amide bonds. The highest BCUT2D eigenvalue weighted by Crippen LogP contribution is 2.64. The van der Waals surface area contributed by atoms with Crippen LogP contribution < -0.4 is 25.6 Å². The van der Waals surface area contributed by atoms with Gasteiger partial charge in [-0.05, 0) is 123 Å². The van der Waals surface area contributed by atoms with Crippen molar-refractivity contribution < 1.29 is 46.3 Å². The summed E-state index contributed by atoms with van der Waals surface area (Å²) >= 11 is 6.52. The van der Waals surface area contributed by atoms with E-state index in [0.717, 1.165) is 49.3 Å². The van der Waals surface area contributed by atoms with Gasteiger partial charge in [0.15, 0.2) is 0 Å². The number of ether oxygens (including phenoxy) is 1. The topological polar surface area (TPSA) is 153 Å². The largest absolute Gasteiger partial charge is 0.487 e. The Kier molecular flexibility index (Phi) is 11.5. The average molecular weight is 1050 g/mol. The number of carbonyl (C=O) groups is 5. The molecule has 3 N–H and O–H groups in total. The van der Waals surface area contributed by atoms with Crippen molar-refractivity contribution in [3.8, 4) is 17.6 Å². The van der Waals surface area contributed by atoms with Crippen molar-refractivity contribution in [2.45, 2.75) is 126 Å². The molecule has 6 aliphatic heterocycles. The number of hydrogen-bond donors (Lipinski definition) is 3. The van der Waals surface area contributed by atoms with E-state index in [0.29, 0.717) is 54.1 Å². The number of benzene rings is 3. The fourth-order valence-corrected chi connectivity index (χ4v) is 14.0. The van der Waals surface area contributed by atoms with Crippen LogP contribution in [0.3, 0.4) is 0 Å². The Morgan fingerprint density at radius 2 is 1.72 bits per heavy atom. The lowest BCUT2D eigenvalue weighted by Crippen LogP contribution is -2.60. The molecular weight excluding hydrogens is 990 g/mol. The molecule has 18 heteroatoms. The molecule has 5 fully saturated rings. The third-order valence-corrected chi connectivity index (χ3v) is 18.4. The zero-order chi connectivity index (χ0) is 52.6. The third kappa shape index (κ3) is 7.98. The van der Waals surface area contributed by atoms with Gasteiger partial charge in [0.2, 0.25) is 17.7 Å². The van der Waals surface area contributed by atoms with E-state index in [-0.39, 0.29) is 89.1 Å². The van der Waals surface area contributed by atoms with Gasteiger partial charge in [-0.2, -0.15) is 13.2 Å². The van der Waals surface area contributed by atoms with E-state index in [1.807, 2.05) is 17.9 Å². The molecule has 1 aromatic heterocycles. The number of piperidine rings is 2. The van der Waals surface area contributed by atoms with Crippen molar-refractivity contribution in [1.82, 2.24) is 25.4 Å². The highest BCUT2D eigenvalue weighted by Gasteiger charge is 2.70. The van der Waals surface area contributed by atoms with Gasteiger partial charge in [-0.15, -0.1) is 0 Å². The van der Waals surface area contributed by atoms with Crippen molar-refractivity contribution in [3.63, 3.8) is 0 Å². The minimum Gasteiger partial charge on any atom is -0.487 e. The highest BCUT2D eigenvalue weighted by atomic mass is 35.5. The van der Waals surface area contributed by atoms with E-state index >= 15 is 9.18 Å². The molecule has 6 atom stereocenters. The fraction of sp³-hybridized carbons (Fsp3) is 0.474. The number of nitrogens with zero attached hydrogens (tertiary/aromatic N) is 4. The zero-order valence-corrected chi connectivity index (χ0v) is 42.5. The van der Waals surface area contributed by atoms with Gasteiger partial charge in [0.25, 0.3) is 11.8 Å². The fourth-order valence-electron chi connectivity index (χ4n) is 13.9. The number of aromatic nitrogens is 1. The number of halogens is 5. The van der Waals surface area contributed by atoms with Crippen LogP contribution in [-0.4, -0.2) is 94.2 Å². The molecule has 12 rings (SSSR count). The second kappa shape index (κ2) is 17.5. The molecule has 7 heterocycles. The number of anilines is 2. The number of hydrogen-bond acceptors (Lipinski definition) is 9. The van der Waals surface area contributed by atoms with Gasteiger partial charge in [0, 0.05) is 89.5 Å². The molecule has 0 unspecified atom stereocenters. The summed E-state index contributed by atoms with van der Waals surface area (Å²) in [5.74, 6) is 4.05. The van der Waals surface area contributed by atoms with E-state index < -0.39 is 58.7 Å². The summed E-state index contributed by atoms with van der Waals surface area (Å²) in [7, 11) is 0. The number of imide groups is 1. The quantitative estimate of drug-likeness (QED) is 0.104. The van der Waals surface area contributed by atoms with Crippen LogP contribution in [0.5, 0.6) is 5.75 Å². The van der Waals surface area contributed by atoms with Crippen molar-refractivity contribution in [1.29, 1.82) is 0 Å². The van der Waals surface area contributed by atoms with Gasteiger partial charge < -0.3 is 24.8 Å². The van der Waals surface area contributed by atoms with E-state index in [4.69, 9.17) is 16.3 Å². The molecule has 4 aromatic rings. The van der Waals surface area contributed by atoms with Gasteiger partial charge in [0.05, 0.1) is 23.3 Å². The third-order valence-electron chi connectivity index (χ3n) is 18.2. The first-order chi connectivity index (χ1) is 35.7. The normalized spacial score (nSPS) is 27.8. The molecule has 3 aromatic carbocycles. The predicted octanol–water partition coefficient (Wildman–Crippen LogP) is 8.52. The number of nitrogens with one attached hydrogen (secondary N) is 3. The number of amides is 5. The molecule has 3 saturated heterocycles. The van der Waals surface area contributed by atoms with E-state index in [1.165, 1.54) is 17.2 Å². The summed E-state index contributed by atoms with van der Waals surface area (Å²) in [6.45, 7) is 7.74. The van der Waals surface area contributed by atoms with Crippen LogP contribution in [-0.2, 0) is 32.5 Å². The highest BCUT2D eigenvalue weighted by molar-refractivity contribution is 6.30. The monoisotopic (exact) mass is 1050 g/mol. The standard InChI is InChI=1S/C57H56ClF4N7O6/c1-31-28-68(52(74)48-46(36-8-5-9-39(58)47(36)59)56(55(66-48)18-16-53(2,3)17-19-55)30-64-40-25-44(57(60,61)62)63-27-38(40)56)41-13-11-33(24-43(41)75-31)50(72)67-22-20-54(21-23-67)26-34(54)12-10-32-6-4-7-35-37(32)29-69(51(35)73)42-14-15-45(70)65-49(42)71/h4-9,11,13,24-25,27,31,34,42,46,48,64,66H,14-23,26,28-30H2,1-3H3,(H,65,70,71)/t31-,34-,42+,46+,48-,56-/m1/s1. The maximum atomic E-state index is 16.8. The SMILES string of the molecule is C[C@@H]1CN(C(=O)[C@@H]2NC3(CCC(C)(C)CC3)[C@@]3(CNc4cc(C(F)(F)F)ncc43)[C@H]2c2cccc(Cl)c2F)c2ccc(C(=O)N3CCC4(CC3)C[C@H]4C#Cc3cccc4c3CN([C@H]3CCC(=O)NC3=O)C4=O)cc2O1. The first-order valence-electron chi connectivity index (χ1n) is 25.9. The van der Waals surface area contributed by atoms with Crippen LogP contribution in [0.25, 0.3) is 0 Å². The smallest absolute Gasteiger partial charge is 0.433 e. The van der Waals surface area contributed by atoms with Crippen LogP contribution in [0.2, 0.25) is 5.02 Å². The van der Waals surface area contributed by atoms with Crippen molar-refractivity contribution in [2.75, 3.05) is 36.4 Å². The van der Waals surface area contributed by atoms with Crippen molar-refractivity contribution >= 4 is 52.5 Å². The number of fused-ring (bicyclic) bond motifs is 5. The number of pyridine rings is 1. The molecule has 13 nitrogen and oxygen atoms in total. The Bertz CT molecular complexity index is 3190. The van der Waals surface area contributed by atoms with Gasteiger partial charge in [-0.1, -0.05) is 55.5 Å². The van der Waals surface area contributed by atoms with Crippen LogP contribution in [0.1, 0.15) is 133 Å². The molecule has 0 bridgehead atoms. The molecule has 0 radical (unpaired) electrons. The zero-order valence-electron chi connectivity index (χ0n) is 41.8. The Morgan fingerprint density at radius 3 is 2.47 bits per heavy atom. The maximum absolute atomic E-state index is 16.8. The number of likely N-dealkylation sites (tertiary alicyclic amines) is 1. The number of alkyl halides is 3. The van der Waals surface area contributed by atoms with E-state index in [2.05, 4.69) is 46.6 Å². The van der Waals surface area contributed by atoms with Crippen LogP contribution in [0.15, 0.2) is 66.9 Å². The lowest BCUT2D eigenvalue weighted by atomic mass is 9.54. The Morgan fingerprint density at radius 1 is 0.960 bits per heavy atom. The Labute approximate surface area is 436 Å². The summed E-state index contributed by atoms with van der Waals surface area (Å²) in [4.78, 5) is 76.7. The Hall–Kier alpha value is -6.51. The second-order valence-electron chi connectivity index (χ2n) is 22.9. The first-order valence-corrected chi connectivity index (χ1v) is 26.3. The van der Waals surface area contributed by atoms with Crippen molar-refractivity contribution in [3.05, 3.63) is 117 Å². The van der Waals surface area contributed by atoms with Crippen molar-refractivity contribution in [2.24, 2.45) is 16.7 Å². The molecule has 75 heavy (non-hydrogen) atoms. The van der Waals surface area contributed by atoms with Gasteiger partial charge in [0.1, 0.15) is 29.4 Å². The Balaban J connectivity index is 0.786. The summed E-state index contributed by atoms with van der Waals surface area (Å²) < 4.78 is 65.5. The summed E-state index contributed by atoms with van der Waals surface area (Å²) in [5, 5.41) is 9.27. The average Bonchev–Trinajstić information content (AvgIpc) is 3.60. The molecule has 2 saturated carbocycles. The first kappa shape index (κ1) is 49.4. The van der Waals surface area contributed by atoms with Gasteiger partial charge >= 0.3 is 6.18 Å². The van der Waals surface area contributed by atoms with Gasteiger partial charge in [-0.25, -0.2) is 4.39 Å². The van der Waals surface area contributed by atoms with Gasteiger partial charge in [-0.3, -0.25) is 39.6 Å². The number of rotatable bonds is 4.